The van der Waals surface area contributed by atoms with Gasteiger partial charge in [-0.3, -0.25) is 14.3 Å². The van der Waals surface area contributed by atoms with Crippen molar-refractivity contribution in [3.63, 3.8) is 0 Å². The van der Waals surface area contributed by atoms with Gasteiger partial charge >= 0.3 is 5.91 Å². The summed E-state index contributed by atoms with van der Waals surface area (Å²) >= 11 is 12.5. The summed E-state index contributed by atoms with van der Waals surface area (Å²) in [4.78, 5) is 14.6. The lowest BCUT2D eigenvalue weighted by atomic mass is 10.1. The predicted octanol–water partition coefficient (Wildman–Crippen LogP) is 6.35. The number of ether oxygens (including phenoxy) is 1. The highest BCUT2D eigenvalue weighted by atomic mass is 35.5. The summed E-state index contributed by atoms with van der Waals surface area (Å²) in [6.45, 7) is 4.16. The van der Waals surface area contributed by atoms with Gasteiger partial charge in [0, 0.05) is 5.02 Å². The number of aromatic hydroxyl groups is 1. The molecule has 0 bridgehead atoms. The Balaban J connectivity index is 1.55. The van der Waals surface area contributed by atoms with Crippen LogP contribution < -0.4 is 4.74 Å². The number of aryl methyl sites for hydroxylation is 1. The second-order valence-electron chi connectivity index (χ2n) is 8.04. The summed E-state index contributed by atoms with van der Waals surface area (Å²) in [5.41, 5.74) is 1.83. The number of hydrogen-bond acceptors (Lipinski definition) is 5. The molecule has 1 aromatic heterocycles. The summed E-state index contributed by atoms with van der Waals surface area (Å²) in [7, 11) is 0. The van der Waals surface area contributed by atoms with Crippen LogP contribution in [0.2, 0.25) is 10.0 Å². The maximum Gasteiger partial charge on any atom is 0.302 e. The number of benzene rings is 2. The van der Waals surface area contributed by atoms with Gasteiger partial charge in [-0.2, -0.15) is 0 Å². The molecule has 0 radical (unpaired) electrons. The zero-order valence-electron chi connectivity index (χ0n) is 18.4. The van der Waals surface area contributed by atoms with E-state index >= 15 is 0 Å². The zero-order chi connectivity index (χ0) is 23.4. The average Bonchev–Trinajstić information content (AvgIpc) is 3.09. The van der Waals surface area contributed by atoms with E-state index < -0.39 is 5.91 Å². The molecule has 33 heavy (non-hydrogen) atoms. The SMILES string of the molecule is CCc1cc(Cl)ccc1OCC(=O)N=Nc1c(O)n(CN2CCCCC2)c2cccc(Cl)c12. The number of fused-ring (bicyclic) bond motifs is 1. The van der Waals surface area contributed by atoms with Crippen molar-refractivity contribution in [2.75, 3.05) is 19.7 Å². The number of likely N-dealkylation sites (tertiary alicyclic amines) is 1. The maximum atomic E-state index is 12.4. The third kappa shape index (κ3) is 5.32. The lowest BCUT2D eigenvalue weighted by Crippen LogP contribution is -2.31. The summed E-state index contributed by atoms with van der Waals surface area (Å²) < 4.78 is 7.39. The van der Waals surface area contributed by atoms with Gasteiger partial charge in [0.1, 0.15) is 5.75 Å². The van der Waals surface area contributed by atoms with Crippen LogP contribution >= 0.6 is 23.2 Å². The van der Waals surface area contributed by atoms with Crippen LogP contribution in [0.1, 0.15) is 31.7 Å². The number of aromatic nitrogens is 1. The van der Waals surface area contributed by atoms with Crippen LogP contribution in [0, 0.1) is 0 Å². The first-order chi connectivity index (χ1) is 16.0. The molecule has 9 heteroatoms. The molecule has 2 heterocycles. The molecule has 174 valence electrons. The number of amides is 1. The van der Waals surface area contributed by atoms with Crippen LogP contribution in [-0.2, 0) is 17.9 Å². The molecule has 1 N–H and O–H groups in total. The van der Waals surface area contributed by atoms with Gasteiger partial charge < -0.3 is 9.84 Å². The van der Waals surface area contributed by atoms with E-state index in [0.29, 0.717) is 34.3 Å². The number of hydrogen-bond donors (Lipinski definition) is 1. The summed E-state index contributed by atoms with van der Waals surface area (Å²) in [6.07, 6.45) is 4.21. The van der Waals surface area contributed by atoms with E-state index in [1.165, 1.54) is 6.42 Å². The smallest absolute Gasteiger partial charge is 0.302 e. The number of halogens is 2. The summed E-state index contributed by atoms with van der Waals surface area (Å²) in [6, 6.07) is 10.7. The standard InChI is InChI=1S/C24H26Cl2N4O3/c1-2-16-13-17(25)9-10-20(16)33-14-21(31)27-28-23-22-18(26)7-6-8-19(22)30(24(23)32)15-29-11-4-3-5-12-29/h6-10,13,32H,2-5,11-12,14-15H2,1H3. The van der Waals surface area contributed by atoms with Crippen LogP contribution in [0.5, 0.6) is 11.6 Å². The predicted molar refractivity (Wildman–Crippen MR) is 130 cm³/mol. The van der Waals surface area contributed by atoms with Crippen LogP contribution in [0.25, 0.3) is 10.9 Å². The normalized spacial score (nSPS) is 14.9. The van der Waals surface area contributed by atoms with E-state index in [0.717, 1.165) is 37.0 Å². The van der Waals surface area contributed by atoms with E-state index in [4.69, 9.17) is 27.9 Å². The fraction of sp³-hybridized carbons (Fsp3) is 0.375. The fourth-order valence-corrected chi connectivity index (χ4v) is 4.56. The molecular weight excluding hydrogens is 463 g/mol. The molecule has 3 aromatic rings. The van der Waals surface area contributed by atoms with E-state index in [1.807, 2.05) is 19.1 Å². The van der Waals surface area contributed by atoms with Crippen LogP contribution in [0.3, 0.4) is 0 Å². The van der Waals surface area contributed by atoms with Crippen LogP contribution in [0.4, 0.5) is 5.69 Å². The fourth-order valence-electron chi connectivity index (χ4n) is 4.10. The van der Waals surface area contributed by atoms with Crippen molar-refractivity contribution in [2.45, 2.75) is 39.3 Å². The first-order valence-corrected chi connectivity index (χ1v) is 11.8. The van der Waals surface area contributed by atoms with Crippen molar-refractivity contribution in [1.29, 1.82) is 0 Å². The minimum absolute atomic E-state index is 0.0629. The number of azo groups is 1. The molecule has 1 fully saturated rings. The number of carbonyl (C=O) groups is 1. The Morgan fingerprint density at radius 2 is 1.94 bits per heavy atom. The second-order valence-corrected chi connectivity index (χ2v) is 8.89. The highest BCUT2D eigenvalue weighted by Gasteiger charge is 2.21. The Morgan fingerprint density at radius 3 is 2.70 bits per heavy atom. The maximum absolute atomic E-state index is 12.4. The van der Waals surface area contributed by atoms with Crippen LogP contribution in [0.15, 0.2) is 46.6 Å². The monoisotopic (exact) mass is 488 g/mol. The van der Waals surface area contributed by atoms with Gasteiger partial charge in [-0.25, -0.2) is 0 Å². The zero-order valence-corrected chi connectivity index (χ0v) is 19.9. The minimum atomic E-state index is -0.574. The van der Waals surface area contributed by atoms with Gasteiger partial charge in [0.05, 0.1) is 22.6 Å². The molecule has 0 aliphatic carbocycles. The molecule has 1 aliphatic rings. The van der Waals surface area contributed by atoms with Gasteiger partial charge in [-0.15, -0.1) is 10.2 Å². The largest absolute Gasteiger partial charge is 0.493 e. The van der Waals surface area contributed by atoms with Crippen molar-refractivity contribution < 1.29 is 14.6 Å². The lowest BCUT2D eigenvalue weighted by Gasteiger charge is -2.27. The van der Waals surface area contributed by atoms with Gasteiger partial charge in [0.2, 0.25) is 5.88 Å². The number of nitrogens with zero attached hydrogens (tertiary/aromatic N) is 4. The van der Waals surface area contributed by atoms with Crippen molar-refractivity contribution in [1.82, 2.24) is 9.47 Å². The molecule has 1 aliphatic heterocycles. The highest BCUT2D eigenvalue weighted by molar-refractivity contribution is 6.36. The number of carbonyl (C=O) groups excluding carboxylic acids is 1. The highest BCUT2D eigenvalue weighted by Crippen LogP contribution is 2.42. The van der Waals surface area contributed by atoms with Crippen molar-refractivity contribution in [3.05, 3.63) is 52.0 Å². The van der Waals surface area contributed by atoms with Gasteiger partial charge in [0.15, 0.2) is 12.3 Å². The van der Waals surface area contributed by atoms with E-state index in [-0.39, 0.29) is 18.2 Å². The van der Waals surface area contributed by atoms with Crippen molar-refractivity contribution >= 4 is 45.7 Å². The Bertz CT molecular complexity index is 1190. The first kappa shape index (κ1) is 23.5. The van der Waals surface area contributed by atoms with E-state index in [1.54, 1.807) is 28.8 Å². The Hall–Kier alpha value is -2.61. The van der Waals surface area contributed by atoms with Crippen LogP contribution in [-0.4, -0.2) is 40.2 Å². The quantitative estimate of drug-likeness (QED) is 0.393. The molecule has 0 saturated carbocycles. The number of rotatable bonds is 7. The molecule has 0 atom stereocenters. The Labute approximate surface area is 202 Å². The van der Waals surface area contributed by atoms with Gasteiger partial charge in [0.25, 0.3) is 0 Å². The van der Waals surface area contributed by atoms with Gasteiger partial charge in [-0.05, 0) is 68.2 Å². The number of piperidine rings is 1. The molecule has 0 spiro atoms. The molecule has 1 amide bonds. The van der Waals surface area contributed by atoms with E-state index in [9.17, 15) is 9.90 Å². The minimum Gasteiger partial charge on any atom is -0.493 e. The van der Waals surface area contributed by atoms with Gasteiger partial charge in [-0.1, -0.05) is 42.6 Å². The third-order valence-electron chi connectivity index (χ3n) is 5.79. The Morgan fingerprint density at radius 1 is 1.15 bits per heavy atom. The molecule has 0 unspecified atom stereocenters. The molecule has 2 aromatic carbocycles. The van der Waals surface area contributed by atoms with Crippen molar-refractivity contribution in [3.8, 4) is 11.6 Å². The summed E-state index contributed by atoms with van der Waals surface area (Å²) in [5, 5.41) is 20.4. The molecule has 7 nitrogen and oxygen atoms in total. The molecule has 1 saturated heterocycles. The molecular formula is C24H26Cl2N4O3. The topological polar surface area (TPSA) is 79.4 Å². The second kappa shape index (κ2) is 10.5. The Kier molecular flexibility index (Phi) is 7.53. The first-order valence-electron chi connectivity index (χ1n) is 11.1. The third-order valence-corrected chi connectivity index (χ3v) is 6.34. The average molecular weight is 489 g/mol. The van der Waals surface area contributed by atoms with Crippen molar-refractivity contribution in [2.24, 2.45) is 10.2 Å². The van der Waals surface area contributed by atoms with E-state index in [2.05, 4.69) is 15.1 Å². The molecule has 4 rings (SSSR count). The summed E-state index contributed by atoms with van der Waals surface area (Å²) in [5.74, 6) is -0.0584. The lowest BCUT2D eigenvalue weighted by molar-refractivity contribution is -0.120.